The van der Waals surface area contributed by atoms with E-state index in [1.165, 1.54) is 6.26 Å². The number of rotatable bonds is 6. The minimum absolute atomic E-state index is 0.138. The molecule has 0 bridgehead atoms. The first kappa shape index (κ1) is 17.6. The highest BCUT2D eigenvalue weighted by molar-refractivity contribution is 5.93. The number of morpholine rings is 1. The van der Waals surface area contributed by atoms with Gasteiger partial charge in [-0.2, -0.15) is 4.98 Å². The van der Waals surface area contributed by atoms with E-state index in [0.717, 1.165) is 32.1 Å². The number of carbonyl (C=O) groups is 1. The molecule has 0 atom stereocenters. The molecule has 2 aromatic rings. The van der Waals surface area contributed by atoms with Crippen LogP contribution >= 0.6 is 0 Å². The highest BCUT2D eigenvalue weighted by Crippen LogP contribution is 2.15. The Kier molecular flexibility index (Phi) is 5.50. The van der Waals surface area contributed by atoms with Crippen LogP contribution in [-0.4, -0.2) is 59.2 Å². The lowest BCUT2D eigenvalue weighted by molar-refractivity contribution is 0.0313. The summed E-state index contributed by atoms with van der Waals surface area (Å²) < 4.78 is 16.1. The molecule has 0 radical (unpaired) electrons. The van der Waals surface area contributed by atoms with Gasteiger partial charge in [0.1, 0.15) is 12.0 Å². The third-order valence-corrected chi connectivity index (χ3v) is 4.10. The van der Waals surface area contributed by atoms with Crippen molar-refractivity contribution in [3.05, 3.63) is 35.4 Å². The molecule has 1 aliphatic heterocycles. The van der Waals surface area contributed by atoms with E-state index in [1.54, 1.807) is 18.0 Å². The van der Waals surface area contributed by atoms with Gasteiger partial charge in [0.25, 0.3) is 5.91 Å². The maximum absolute atomic E-state index is 12.5. The number of hydrogen-bond donors (Lipinski definition) is 0. The fourth-order valence-electron chi connectivity index (χ4n) is 2.62. The van der Waals surface area contributed by atoms with Crippen LogP contribution < -0.4 is 0 Å². The summed E-state index contributed by atoms with van der Waals surface area (Å²) >= 11 is 0. The molecular formula is C17H24N4O4. The van der Waals surface area contributed by atoms with E-state index in [0.29, 0.717) is 23.8 Å². The lowest BCUT2D eigenvalue weighted by Crippen LogP contribution is -2.35. The van der Waals surface area contributed by atoms with Crippen LogP contribution in [0.4, 0.5) is 0 Å². The van der Waals surface area contributed by atoms with Gasteiger partial charge < -0.3 is 18.6 Å². The first-order chi connectivity index (χ1) is 12.0. The van der Waals surface area contributed by atoms with Gasteiger partial charge in [-0.25, -0.2) is 0 Å². The zero-order chi connectivity index (χ0) is 17.8. The number of carbonyl (C=O) groups excluding carboxylic acids is 1. The summed E-state index contributed by atoms with van der Waals surface area (Å²) in [6.07, 6.45) is 1.50. The summed E-state index contributed by atoms with van der Waals surface area (Å²) in [4.78, 5) is 20.6. The standard InChI is InChI=1S/C17H24N4O4/c1-12(2)16-18-15(25-19-16)10-20(3)17(22)13-8-14(24-11-13)9-21-4-6-23-7-5-21/h8,11-12H,4-7,9-10H2,1-3H3. The Morgan fingerprint density at radius 1 is 1.36 bits per heavy atom. The highest BCUT2D eigenvalue weighted by Gasteiger charge is 2.19. The monoisotopic (exact) mass is 348 g/mol. The van der Waals surface area contributed by atoms with Gasteiger partial charge in [-0.15, -0.1) is 0 Å². The molecule has 136 valence electrons. The molecule has 3 heterocycles. The molecule has 3 rings (SSSR count). The first-order valence-electron chi connectivity index (χ1n) is 8.48. The topological polar surface area (TPSA) is 84.8 Å². The average molecular weight is 348 g/mol. The Hall–Kier alpha value is -2.19. The fraction of sp³-hybridized carbons (Fsp3) is 0.588. The van der Waals surface area contributed by atoms with Crippen LogP contribution in [0.15, 0.2) is 21.3 Å². The number of aromatic nitrogens is 2. The van der Waals surface area contributed by atoms with Crippen LogP contribution in [0.3, 0.4) is 0 Å². The molecule has 1 fully saturated rings. The molecule has 0 unspecified atom stereocenters. The Bertz CT molecular complexity index is 703. The van der Waals surface area contributed by atoms with Crippen molar-refractivity contribution in [2.24, 2.45) is 0 Å². The molecule has 1 saturated heterocycles. The lowest BCUT2D eigenvalue weighted by atomic mass is 10.2. The zero-order valence-corrected chi connectivity index (χ0v) is 14.9. The van der Waals surface area contributed by atoms with Gasteiger partial charge in [0.15, 0.2) is 5.82 Å². The van der Waals surface area contributed by atoms with Gasteiger partial charge in [0.2, 0.25) is 5.89 Å². The van der Waals surface area contributed by atoms with Crippen molar-refractivity contribution in [2.75, 3.05) is 33.4 Å². The van der Waals surface area contributed by atoms with Gasteiger partial charge in [-0.1, -0.05) is 19.0 Å². The minimum Gasteiger partial charge on any atom is -0.467 e. The molecule has 0 saturated carbocycles. The highest BCUT2D eigenvalue weighted by atomic mass is 16.5. The fourth-order valence-corrected chi connectivity index (χ4v) is 2.62. The van der Waals surface area contributed by atoms with Gasteiger partial charge >= 0.3 is 0 Å². The van der Waals surface area contributed by atoms with Crippen molar-refractivity contribution < 1.29 is 18.5 Å². The predicted octanol–water partition coefficient (Wildman–Crippen LogP) is 1.89. The van der Waals surface area contributed by atoms with Crippen LogP contribution in [0, 0.1) is 0 Å². The van der Waals surface area contributed by atoms with E-state index in [4.69, 9.17) is 13.7 Å². The third-order valence-electron chi connectivity index (χ3n) is 4.10. The SMILES string of the molecule is CC(C)c1noc(CN(C)C(=O)c2coc(CN3CCOCC3)c2)n1. The van der Waals surface area contributed by atoms with Crippen molar-refractivity contribution in [1.82, 2.24) is 19.9 Å². The second kappa shape index (κ2) is 7.79. The Morgan fingerprint density at radius 3 is 2.80 bits per heavy atom. The van der Waals surface area contributed by atoms with E-state index < -0.39 is 0 Å². The van der Waals surface area contributed by atoms with E-state index in [2.05, 4.69) is 15.0 Å². The van der Waals surface area contributed by atoms with Crippen molar-refractivity contribution in [3.8, 4) is 0 Å². The van der Waals surface area contributed by atoms with E-state index in [-0.39, 0.29) is 18.4 Å². The van der Waals surface area contributed by atoms with Crippen molar-refractivity contribution in [2.45, 2.75) is 32.9 Å². The molecule has 0 spiro atoms. The minimum atomic E-state index is -0.138. The summed E-state index contributed by atoms with van der Waals surface area (Å²) in [5, 5.41) is 3.91. The Balaban J connectivity index is 1.58. The normalized spacial score (nSPS) is 15.7. The van der Waals surface area contributed by atoms with Gasteiger partial charge in [0, 0.05) is 26.1 Å². The third kappa shape index (κ3) is 4.46. The second-order valence-electron chi connectivity index (χ2n) is 6.55. The summed E-state index contributed by atoms with van der Waals surface area (Å²) in [5.41, 5.74) is 0.523. The first-order valence-corrected chi connectivity index (χ1v) is 8.48. The van der Waals surface area contributed by atoms with Crippen molar-refractivity contribution in [1.29, 1.82) is 0 Å². The van der Waals surface area contributed by atoms with Gasteiger partial charge in [-0.3, -0.25) is 9.69 Å². The van der Waals surface area contributed by atoms with E-state index >= 15 is 0 Å². The van der Waals surface area contributed by atoms with Gasteiger partial charge in [0.05, 0.1) is 31.9 Å². The summed E-state index contributed by atoms with van der Waals surface area (Å²) in [6, 6.07) is 1.79. The number of ether oxygens (including phenoxy) is 1. The Morgan fingerprint density at radius 2 is 2.12 bits per heavy atom. The van der Waals surface area contributed by atoms with Crippen LogP contribution in [0.1, 0.15) is 47.6 Å². The molecule has 8 nitrogen and oxygen atoms in total. The quantitative estimate of drug-likeness (QED) is 0.788. The lowest BCUT2D eigenvalue weighted by Gasteiger charge is -2.25. The van der Waals surface area contributed by atoms with Crippen LogP contribution in [0.25, 0.3) is 0 Å². The van der Waals surface area contributed by atoms with Crippen LogP contribution in [-0.2, 0) is 17.8 Å². The molecule has 0 N–H and O–H groups in total. The molecular weight excluding hydrogens is 324 g/mol. The second-order valence-corrected chi connectivity index (χ2v) is 6.55. The maximum atomic E-state index is 12.5. The molecule has 1 amide bonds. The van der Waals surface area contributed by atoms with Crippen molar-refractivity contribution in [3.63, 3.8) is 0 Å². The summed E-state index contributed by atoms with van der Waals surface area (Å²) in [5.74, 6) is 1.90. The number of hydrogen-bond acceptors (Lipinski definition) is 7. The summed E-state index contributed by atoms with van der Waals surface area (Å²) in [7, 11) is 1.70. The van der Waals surface area contributed by atoms with Crippen LogP contribution in [0.5, 0.6) is 0 Å². The van der Waals surface area contributed by atoms with E-state index in [9.17, 15) is 4.79 Å². The van der Waals surface area contributed by atoms with Crippen molar-refractivity contribution >= 4 is 5.91 Å². The number of amides is 1. The Labute approximate surface area is 146 Å². The molecule has 0 aromatic carbocycles. The predicted molar refractivity (Wildman–Crippen MR) is 89.0 cm³/mol. The average Bonchev–Trinajstić information content (AvgIpc) is 3.25. The van der Waals surface area contributed by atoms with Crippen LogP contribution in [0.2, 0.25) is 0 Å². The maximum Gasteiger partial charge on any atom is 0.257 e. The molecule has 25 heavy (non-hydrogen) atoms. The summed E-state index contributed by atoms with van der Waals surface area (Å²) in [6.45, 7) is 8.15. The molecule has 8 heteroatoms. The zero-order valence-electron chi connectivity index (χ0n) is 14.9. The largest absolute Gasteiger partial charge is 0.467 e. The smallest absolute Gasteiger partial charge is 0.257 e. The molecule has 2 aromatic heterocycles. The number of nitrogens with zero attached hydrogens (tertiary/aromatic N) is 4. The molecule has 1 aliphatic rings. The van der Waals surface area contributed by atoms with Gasteiger partial charge in [-0.05, 0) is 6.07 Å². The van der Waals surface area contributed by atoms with E-state index in [1.807, 2.05) is 13.8 Å². The molecule has 0 aliphatic carbocycles. The number of furan rings is 1.